The summed E-state index contributed by atoms with van der Waals surface area (Å²) < 4.78 is 14.5. The van der Waals surface area contributed by atoms with Crippen LogP contribution in [0.3, 0.4) is 0 Å². The highest BCUT2D eigenvalue weighted by atomic mass is 79.9. The first-order chi connectivity index (χ1) is 8.58. The fraction of sp³-hybridized carbons (Fsp3) is 0.500. The first kappa shape index (κ1) is 13.7. The molecule has 0 spiro atoms. The summed E-state index contributed by atoms with van der Waals surface area (Å²) in [6.45, 7) is 2.97. The van der Waals surface area contributed by atoms with Gasteiger partial charge in [0.2, 0.25) is 0 Å². The van der Waals surface area contributed by atoms with Crippen LogP contribution in [0.25, 0.3) is 0 Å². The topological polar surface area (TPSA) is 29.1 Å². The highest BCUT2D eigenvalue weighted by Crippen LogP contribution is 2.28. The van der Waals surface area contributed by atoms with Crippen molar-refractivity contribution in [1.29, 1.82) is 0 Å². The Morgan fingerprint density at radius 1 is 1.56 bits per heavy atom. The number of halogens is 2. The van der Waals surface area contributed by atoms with E-state index in [1.165, 1.54) is 25.8 Å². The van der Waals surface area contributed by atoms with Crippen molar-refractivity contribution in [2.75, 3.05) is 13.1 Å². The molecule has 1 aliphatic carbocycles. The molecule has 1 aliphatic rings. The Morgan fingerprint density at radius 3 is 2.83 bits per heavy atom. The van der Waals surface area contributed by atoms with Crippen LogP contribution in [0.4, 0.5) is 4.39 Å². The van der Waals surface area contributed by atoms with Crippen molar-refractivity contribution in [1.82, 2.24) is 5.32 Å². The van der Waals surface area contributed by atoms with Crippen LogP contribution in [0.5, 0.6) is 0 Å². The third-order valence-corrected chi connectivity index (χ3v) is 3.80. The Balaban J connectivity index is 2.04. The number of ketones is 1. The third-order valence-electron chi connectivity index (χ3n) is 3.31. The van der Waals surface area contributed by atoms with Gasteiger partial charge >= 0.3 is 0 Å². The van der Waals surface area contributed by atoms with Gasteiger partial charge in [-0.1, -0.05) is 22.0 Å². The van der Waals surface area contributed by atoms with Gasteiger partial charge in [0.1, 0.15) is 11.6 Å². The Labute approximate surface area is 115 Å². The van der Waals surface area contributed by atoms with Gasteiger partial charge in [-0.25, -0.2) is 4.39 Å². The molecule has 98 valence electrons. The molecule has 0 aromatic heterocycles. The maximum atomic E-state index is 13.8. The lowest BCUT2D eigenvalue weighted by molar-refractivity contribution is -0.118. The fourth-order valence-corrected chi connectivity index (χ4v) is 2.34. The van der Waals surface area contributed by atoms with Gasteiger partial charge in [-0.05, 0) is 49.9 Å². The summed E-state index contributed by atoms with van der Waals surface area (Å²) in [6, 6.07) is 4.87. The average Bonchev–Trinajstić information content (AvgIpc) is 3.09. The van der Waals surface area contributed by atoms with E-state index in [9.17, 15) is 9.18 Å². The smallest absolute Gasteiger partial charge is 0.138 e. The number of hydrogen-bond acceptors (Lipinski definition) is 2. The van der Waals surface area contributed by atoms with E-state index in [1.807, 2.05) is 0 Å². The summed E-state index contributed by atoms with van der Waals surface area (Å²) >= 11 is 3.22. The molecule has 0 amide bonds. The number of carbonyl (C=O) groups excluding carboxylic acids is 1. The maximum Gasteiger partial charge on any atom is 0.138 e. The SMILES string of the molecule is CC(=O)[C@H](CNCC1CC1)c1ccc(Br)cc1F. The van der Waals surface area contributed by atoms with Crippen LogP contribution in [0, 0.1) is 11.7 Å². The summed E-state index contributed by atoms with van der Waals surface area (Å²) in [5.41, 5.74) is 0.481. The number of carbonyl (C=O) groups is 1. The van der Waals surface area contributed by atoms with Gasteiger partial charge in [0.15, 0.2) is 0 Å². The summed E-state index contributed by atoms with van der Waals surface area (Å²) in [7, 11) is 0. The Kier molecular flexibility index (Phi) is 4.51. The molecule has 0 saturated heterocycles. The Bertz CT molecular complexity index is 445. The summed E-state index contributed by atoms with van der Waals surface area (Å²) in [5, 5.41) is 3.27. The first-order valence-corrected chi connectivity index (χ1v) is 7.03. The van der Waals surface area contributed by atoms with Crippen molar-refractivity contribution in [3.05, 3.63) is 34.1 Å². The molecule has 1 fully saturated rings. The minimum Gasteiger partial charge on any atom is -0.315 e. The van der Waals surface area contributed by atoms with Crippen LogP contribution in [-0.4, -0.2) is 18.9 Å². The number of benzene rings is 1. The molecule has 0 heterocycles. The highest BCUT2D eigenvalue weighted by molar-refractivity contribution is 9.10. The lowest BCUT2D eigenvalue weighted by atomic mass is 9.95. The molecule has 1 aromatic carbocycles. The van der Waals surface area contributed by atoms with E-state index in [2.05, 4.69) is 21.2 Å². The van der Waals surface area contributed by atoms with Gasteiger partial charge in [0.25, 0.3) is 0 Å². The molecule has 1 saturated carbocycles. The monoisotopic (exact) mass is 313 g/mol. The molecular formula is C14H17BrFNO. The van der Waals surface area contributed by atoms with Gasteiger partial charge in [0.05, 0.1) is 5.92 Å². The van der Waals surface area contributed by atoms with Gasteiger partial charge in [-0.2, -0.15) is 0 Å². The third kappa shape index (κ3) is 3.62. The number of Topliss-reactive ketones (excluding diaryl/α,β-unsaturated/α-hetero) is 1. The van der Waals surface area contributed by atoms with Gasteiger partial charge in [-0.15, -0.1) is 0 Å². The second kappa shape index (κ2) is 5.93. The summed E-state index contributed by atoms with van der Waals surface area (Å²) in [4.78, 5) is 11.7. The van der Waals surface area contributed by atoms with Crippen molar-refractivity contribution in [3.8, 4) is 0 Å². The minimum absolute atomic E-state index is 0.000445. The van der Waals surface area contributed by atoms with E-state index in [-0.39, 0.29) is 11.6 Å². The van der Waals surface area contributed by atoms with E-state index >= 15 is 0 Å². The standard InChI is InChI=1S/C14H17BrFNO/c1-9(18)13(8-17-7-10-2-3-10)12-5-4-11(15)6-14(12)16/h4-6,10,13,17H,2-3,7-8H2,1H3/t13-/m0/s1. The van der Waals surface area contributed by atoms with Crippen molar-refractivity contribution in [2.45, 2.75) is 25.7 Å². The van der Waals surface area contributed by atoms with Gasteiger partial charge in [0, 0.05) is 11.0 Å². The van der Waals surface area contributed by atoms with Gasteiger partial charge < -0.3 is 5.32 Å². The number of hydrogen-bond donors (Lipinski definition) is 1. The second-order valence-electron chi connectivity index (χ2n) is 4.93. The van der Waals surface area contributed by atoms with E-state index < -0.39 is 5.92 Å². The van der Waals surface area contributed by atoms with Crippen LogP contribution >= 0.6 is 15.9 Å². The van der Waals surface area contributed by atoms with Crippen molar-refractivity contribution in [2.24, 2.45) is 5.92 Å². The predicted molar refractivity (Wildman–Crippen MR) is 73.1 cm³/mol. The zero-order valence-corrected chi connectivity index (χ0v) is 12.0. The molecule has 2 rings (SSSR count). The Morgan fingerprint density at radius 2 is 2.28 bits per heavy atom. The molecular weight excluding hydrogens is 297 g/mol. The summed E-state index contributed by atoms with van der Waals surface area (Å²) in [6.07, 6.45) is 2.54. The van der Waals surface area contributed by atoms with Crippen LogP contribution in [0.1, 0.15) is 31.2 Å². The molecule has 18 heavy (non-hydrogen) atoms. The largest absolute Gasteiger partial charge is 0.315 e. The van der Waals surface area contributed by atoms with E-state index in [1.54, 1.807) is 12.1 Å². The molecule has 1 aromatic rings. The zero-order valence-electron chi connectivity index (χ0n) is 10.4. The molecule has 2 nitrogen and oxygen atoms in total. The minimum atomic E-state index is -0.392. The molecule has 0 unspecified atom stereocenters. The molecule has 0 radical (unpaired) electrons. The maximum absolute atomic E-state index is 13.8. The van der Waals surface area contributed by atoms with Crippen LogP contribution < -0.4 is 5.32 Å². The number of nitrogens with one attached hydrogen (secondary N) is 1. The second-order valence-corrected chi connectivity index (χ2v) is 5.85. The fourth-order valence-electron chi connectivity index (χ4n) is 2.01. The van der Waals surface area contributed by atoms with Crippen LogP contribution in [0.2, 0.25) is 0 Å². The molecule has 1 N–H and O–H groups in total. The first-order valence-electron chi connectivity index (χ1n) is 6.24. The lowest BCUT2D eigenvalue weighted by Gasteiger charge is -2.16. The lowest BCUT2D eigenvalue weighted by Crippen LogP contribution is -2.28. The van der Waals surface area contributed by atoms with Gasteiger partial charge in [-0.3, -0.25) is 4.79 Å². The quantitative estimate of drug-likeness (QED) is 0.873. The molecule has 0 aliphatic heterocycles. The van der Waals surface area contributed by atoms with E-state index in [0.717, 1.165) is 12.5 Å². The molecule has 0 bridgehead atoms. The zero-order chi connectivity index (χ0) is 13.1. The van der Waals surface area contributed by atoms with E-state index in [0.29, 0.717) is 16.6 Å². The number of rotatable bonds is 6. The summed E-state index contributed by atoms with van der Waals surface area (Å²) in [5.74, 6) is 0.0431. The van der Waals surface area contributed by atoms with Crippen molar-refractivity contribution < 1.29 is 9.18 Å². The van der Waals surface area contributed by atoms with Crippen LogP contribution in [-0.2, 0) is 4.79 Å². The Hall–Kier alpha value is -0.740. The van der Waals surface area contributed by atoms with Crippen molar-refractivity contribution >= 4 is 21.7 Å². The average molecular weight is 314 g/mol. The van der Waals surface area contributed by atoms with E-state index in [4.69, 9.17) is 0 Å². The highest BCUT2D eigenvalue weighted by Gasteiger charge is 2.23. The normalized spacial score (nSPS) is 16.6. The van der Waals surface area contributed by atoms with Crippen molar-refractivity contribution in [3.63, 3.8) is 0 Å². The molecule has 1 atom stereocenters. The molecule has 4 heteroatoms. The van der Waals surface area contributed by atoms with Crippen LogP contribution in [0.15, 0.2) is 22.7 Å². The predicted octanol–water partition coefficient (Wildman–Crippen LogP) is 3.26.